The third-order valence-corrected chi connectivity index (χ3v) is 5.30. The number of benzene rings is 1. The third kappa shape index (κ3) is 6.69. The van der Waals surface area contributed by atoms with E-state index in [-0.39, 0.29) is 5.91 Å². The van der Waals surface area contributed by atoms with E-state index >= 15 is 0 Å². The van der Waals surface area contributed by atoms with Crippen molar-refractivity contribution in [3.63, 3.8) is 0 Å². The van der Waals surface area contributed by atoms with E-state index in [9.17, 15) is 4.79 Å². The van der Waals surface area contributed by atoms with E-state index < -0.39 is 0 Å². The maximum absolute atomic E-state index is 12.2. The van der Waals surface area contributed by atoms with Crippen LogP contribution in [0.25, 0.3) is 0 Å². The first kappa shape index (κ1) is 19.8. The first-order valence-corrected chi connectivity index (χ1v) is 9.84. The van der Waals surface area contributed by atoms with Crippen LogP contribution in [0, 0.1) is 0 Å². The molecule has 0 aromatic heterocycles. The van der Waals surface area contributed by atoms with E-state index in [1.54, 1.807) is 0 Å². The molecule has 1 aromatic carbocycles. The van der Waals surface area contributed by atoms with Gasteiger partial charge >= 0.3 is 0 Å². The second-order valence-corrected chi connectivity index (χ2v) is 7.53. The summed E-state index contributed by atoms with van der Waals surface area (Å²) in [5.74, 6) is 0.0306. The molecule has 1 aliphatic rings. The van der Waals surface area contributed by atoms with Crippen LogP contribution in [0.5, 0.6) is 0 Å². The highest BCUT2D eigenvalue weighted by Gasteiger charge is 2.17. The van der Waals surface area contributed by atoms with Crippen molar-refractivity contribution in [3.8, 4) is 0 Å². The zero-order valence-electron chi connectivity index (χ0n) is 16.3. The average molecular weight is 346 g/mol. The molecule has 1 saturated carbocycles. The molecule has 140 valence electrons. The fraction of sp³-hybridized carbons (Fsp3) is 0.667. The van der Waals surface area contributed by atoms with Gasteiger partial charge in [0.05, 0.1) is 0 Å². The molecule has 1 fully saturated rings. The molecule has 0 unspecified atom stereocenters. The summed E-state index contributed by atoms with van der Waals surface area (Å²) in [5, 5.41) is 3.05. The number of hydrogen-bond acceptors (Lipinski definition) is 3. The highest BCUT2D eigenvalue weighted by atomic mass is 16.1. The molecule has 2 rings (SSSR count). The monoisotopic (exact) mass is 345 g/mol. The van der Waals surface area contributed by atoms with E-state index in [2.05, 4.69) is 17.3 Å². The molecule has 0 aliphatic heterocycles. The second kappa shape index (κ2) is 10.4. The van der Waals surface area contributed by atoms with Crippen LogP contribution < -0.4 is 10.2 Å². The Morgan fingerprint density at radius 2 is 1.84 bits per heavy atom. The summed E-state index contributed by atoms with van der Waals surface area (Å²) in [7, 11) is 6.25. The highest BCUT2D eigenvalue weighted by molar-refractivity contribution is 5.95. The topological polar surface area (TPSA) is 35.6 Å². The normalized spacial score (nSPS) is 15.4. The summed E-state index contributed by atoms with van der Waals surface area (Å²) in [6.45, 7) is 1.95. The van der Waals surface area contributed by atoms with Gasteiger partial charge in [-0.25, -0.2) is 0 Å². The third-order valence-electron chi connectivity index (χ3n) is 5.30. The van der Waals surface area contributed by atoms with Gasteiger partial charge in [0.1, 0.15) is 0 Å². The summed E-state index contributed by atoms with van der Waals surface area (Å²) in [6.07, 6.45) is 10.4. The van der Waals surface area contributed by atoms with Crippen molar-refractivity contribution < 1.29 is 4.79 Å². The molecule has 1 aliphatic carbocycles. The first-order chi connectivity index (χ1) is 12.1. The minimum absolute atomic E-state index is 0.0306. The summed E-state index contributed by atoms with van der Waals surface area (Å²) in [4.78, 5) is 16.8. The first-order valence-electron chi connectivity index (χ1n) is 9.84. The zero-order chi connectivity index (χ0) is 18.1. The molecule has 1 N–H and O–H groups in total. The van der Waals surface area contributed by atoms with E-state index in [1.807, 2.05) is 43.3 Å². The Labute approximate surface area is 153 Å². The molecule has 4 nitrogen and oxygen atoms in total. The lowest BCUT2D eigenvalue weighted by molar-refractivity contribution is 0.0953. The van der Waals surface area contributed by atoms with Gasteiger partial charge in [-0.1, -0.05) is 31.7 Å². The van der Waals surface area contributed by atoms with Gasteiger partial charge in [0.15, 0.2) is 0 Å². The van der Waals surface area contributed by atoms with Crippen molar-refractivity contribution in [1.29, 1.82) is 0 Å². The fourth-order valence-electron chi connectivity index (χ4n) is 3.60. The van der Waals surface area contributed by atoms with Crippen molar-refractivity contribution in [2.24, 2.45) is 0 Å². The number of rotatable bonds is 9. The molecule has 1 aromatic rings. The van der Waals surface area contributed by atoms with Crippen LogP contribution in [0.2, 0.25) is 0 Å². The Bertz CT molecular complexity index is 524. The van der Waals surface area contributed by atoms with Gasteiger partial charge in [0.25, 0.3) is 5.91 Å². The van der Waals surface area contributed by atoms with Crippen LogP contribution in [0.3, 0.4) is 0 Å². The molecule has 0 heterocycles. The van der Waals surface area contributed by atoms with Crippen LogP contribution in [0.4, 0.5) is 5.69 Å². The number of carbonyl (C=O) groups is 1. The van der Waals surface area contributed by atoms with Crippen LogP contribution in [-0.4, -0.2) is 51.1 Å². The summed E-state index contributed by atoms with van der Waals surface area (Å²) in [6, 6.07) is 8.57. The fourth-order valence-corrected chi connectivity index (χ4v) is 3.60. The Morgan fingerprint density at radius 3 is 2.56 bits per heavy atom. The minimum atomic E-state index is 0.0306. The summed E-state index contributed by atoms with van der Waals surface area (Å²) < 4.78 is 0. The van der Waals surface area contributed by atoms with Crippen molar-refractivity contribution in [2.45, 2.75) is 57.4 Å². The lowest BCUT2D eigenvalue weighted by Crippen LogP contribution is -2.34. The van der Waals surface area contributed by atoms with Crippen LogP contribution >= 0.6 is 0 Å². The lowest BCUT2D eigenvalue weighted by atomic mass is 9.94. The maximum Gasteiger partial charge on any atom is 0.251 e. The van der Waals surface area contributed by atoms with E-state index in [0.29, 0.717) is 0 Å². The smallest absolute Gasteiger partial charge is 0.251 e. The van der Waals surface area contributed by atoms with Gasteiger partial charge in [-0.2, -0.15) is 0 Å². The number of hydrogen-bond donors (Lipinski definition) is 1. The molecular weight excluding hydrogens is 310 g/mol. The molecule has 4 heteroatoms. The SMILES string of the molecule is CN(C)c1cccc(C(=O)NCCCCCN(C)C2CCCCC2)c1. The van der Waals surface area contributed by atoms with Crippen LogP contribution in [0.1, 0.15) is 61.7 Å². The van der Waals surface area contributed by atoms with Crippen molar-refractivity contribution in [3.05, 3.63) is 29.8 Å². The molecule has 1 amide bonds. The van der Waals surface area contributed by atoms with Crippen molar-refractivity contribution in [2.75, 3.05) is 39.1 Å². The molecule has 0 saturated heterocycles. The number of nitrogens with zero attached hydrogens (tertiary/aromatic N) is 2. The second-order valence-electron chi connectivity index (χ2n) is 7.53. The van der Waals surface area contributed by atoms with Gasteiger partial charge in [0, 0.05) is 37.9 Å². The van der Waals surface area contributed by atoms with E-state index in [1.165, 1.54) is 51.5 Å². The molecular formula is C21H35N3O. The molecule has 0 atom stereocenters. The maximum atomic E-state index is 12.2. The number of anilines is 1. The Balaban J connectivity index is 1.59. The Morgan fingerprint density at radius 1 is 1.08 bits per heavy atom. The number of nitrogens with one attached hydrogen (secondary N) is 1. The predicted octanol–water partition coefficient (Wildman–Crippen LogP) is 3.92. The quantitative estimate of drug-likeness (QED) is 0.689. The minimum Gasteiger partial charge on any atom is -0.378 e. The number of carbonyl (C=O) groups excluding carboxylic acids is 1. The highest BCUT2D eigenvalue weighted by Crippen LogP contribution is 2.21. The molecule has 25 heavy (non-hydrogen) atoms. The van der Waals surface area contributed by atoms with Crippen molar-refractivity contribution in [1.82, 2.24) is 10.2 Å². The van der Waals surface area contributed by atoms with Crippen molar-refractivity contribution >= 4 is 11.6 Å². The number of amides is 1. The van der Waals surface area contributed by atoms with E-state index in [4.69, 9.17) is 0 Å². The standard InChI is InChI=1S/C21H35N3O/c1-23(2)20-14-10-11-18(17-20)21(25)22-15-8-5-9-16-24(3)19-12-6-4-7-13-19/h10-11,14,17,19H,4-9,12-13,15-16H2,1-3H3,(H,22,25). The summed E-state index contributed by atoms with van der Waals surface area (Å²) in [5.41, 5.74) is 1.79. The molecule has 0 spiro atoms. The van der Waals surface area contributed by atoms with Gasteiger partial charge in [-0.15, -0.1) is 0 Å². The van der Waals surface area contributed by atoms with E-state index in [0.717, 1.165) is 30.3 Å². The lowest BCUT2D eigenvalue weighted by Gasteiger charge is -2.31. The summed E-state index contributed by atoms with van der Waals surface area (Å²) >= 11 is 0. The predicted molar refractivity (Wildman–Crippen MR) is 106 cm³/mol. The average Bonchev–Trinajstić information content (AvgIpc) is 2.65. The van der Waals surface area contributed by atoms with Gasteiger partial charge < -0.3 is 15.1 Å². The van der Waals surface area contributed by atoms with Crippen LogP contribution in [-0.2, 0) is 0 Å². The molecule has 0 bridgehead atoms. The molecule has 0 radical (unpaired) electrons. The zero-order valence-corrected chi connectivity index (χ0v) is 16.3. The van der Waals surface area contributed by atoms with Gasteiger partial charge in [0.2, 0.25) is 0 Å². The Kier molecular flexibility index (Phi) is 8.26. The Hall–Kier alpha value is -1.55. The largest absolute Gasteiger partial charge is 0.378 e. The van der Waals surface area contributed by atoms with Gasteiger partial charge in [-0.3, -0.25) is 4.79 Å². The number of unbranched alkanes of at least 4 members (excludes halogenated alkanes) is 2. The van der Waals surface area contributed by atoms with Gasteiger partial charge in [-0.05, 0) is 57.5 Å². The van der Waals surface area contributed by atoms with Crippen LogP contribution in [0.15, 0.2) is 24.3 Å².